The number of anilines is 1. The second kappa shape index (κ2) is 7.60. The summed E-state index contributed by atoms with van der Waals surface area (Å²) in [5, 5.41) is 2.96. The molecule has 0 spiro atoms. The molecule has 0 radical (unpaired) electrons. The Morgan fingerprint density at radius 2 is 1.68 bits per heavy atom. The highest BCUT2D eigenvalue weighted by molar-refractivity contribution is 5.95. The van der Waals surface area contributed by atoms with Gasteiger partial charge in [0.15, 0.2) is 11.5 Å². The smallest absolute Gasteiger partial charge is 0.231 e. The van der Waals surface area contributed by atoms with Crippen molar-refractivity contribution in [3.05, 3.63) is 53.6 Å². The van der Waals surface area contributed by atoms with E-state index in [-0.39, 0.29) is 11.8 Å². The average Bonchev–Trinajstić information content (AvgIpc) is 2.61. The molecular formula is C21H25NO3. The van der Waals surface area contributed by atoms with Crippen molar-refractivity contribution in [2.24, 2.45) is 5.92 Å². The van der Waals surface area contributed by atoms with Crippen LogP contribution in [-0.4, -0.2) is 19.1 Å². The van der Waals surface area contributed by atoms with E-state index in [2.05, 4.69) is 31.3 Å². The van der Waals surface area contributed by atoms with Gasteiger partial charge in [-0.3, -0.25) is 4.79 Å². The van der Waals surface area contributed by atoms with Crippen LogP contribution in [0.3, 0.4) is 0 Å². The van der Waals surface area contributed by atoms with E-state index in [9.17, 15) is 4.79 Å². The lowest BCUT2D eigenvalue weighted by molar-refractivity contribution is -0.117. The molecule has 3 rings (SSSR count). The van der Waals surface area contributed by atoms with Crippen molar-refractivity contribution in [1.29, 1.82) is 0 Å². The average molecular weight is 339 g/mol. The second-order valence-corrected chi connectivity index (χ2v) is 6.91. The lowest BCUT2D eigenvalue weighted by Gasteiger charge is -2.19. The SMILES string of the molecule is CC(C)Cc1ccc([C@@H](C)C(=O)Nc2ccc3c(c2)OCCO3)cc1. The fraction of sp³-hybridized carbons (Fsp3) is 0.381. The fourth-order valence-electron chi connectivity index (χ4n) is 2.94. The second-order valence-electron chi connectivity index (χ2n) is 6.91. The van der Waals surface area contributed by atoms with Crippen LogP contribution >= 0.6 is 0 Å². The van der Waals surface area contributed by atoms with E-state index in [4.69, 9.17) is 9.47 Å². The molecule has 25 heavy (non-hydrogen) atoms. The predicted octanol–water partition coefficient (Wildman–Crippen LogP) is 4.40. The lowest BCUT2D eigenvalue weighted by Crippen LogP contribution is -2.19. The van der Waals surface area contributed by atoms with Crippen molar-refractivity contribution in [1.82, 2.24) is 0 Å². The molecule has 0 bridgehead atoms. The van der Waals surface area contributed by atoms with Crippen LogP contribution in [0, 0.1) is 5.92 Å². The molecule has 2 aromatic carbocycles. The minimum atomic E-state index is -0.221. The third-order valence-electron chi connectivity index (χ3n) is 4.33. The number of hydrogen-bond donors (Lipinski definition) is 1. The summed E-state index contributed by atoms with van der Waals surface area (Å²) in [6.45, 7) is 7.42. The van der Waals surface area contributed by atoms with Gasteiger partial charge in [-0.2, -0.15) is 0 Å². The molecule has 0 aliphatic carbocycles. The molecule has 132 valence electrons. The van der Waals surface area contributed by atoms with E-state index in [1.807, 2.05) is 37.3 Å². The lowest BCUT2D eigenvalue weighted by atomic mass is 9.96. The van der Waals surface area contributed by atoms with Crippen LogP contribution in [0.4, 0.5) is 5.69 Å². The first-order valence-electron chi connectivity index (χ1n) is 8.82. The van der Waals surface area contributed by atoms with E-state index < -0.39 is 0 Å². The number of ether oxygens (including phenoxy) is 2. The van der Waals surface area contributed by atoms with Crippen molar-refractivity contribution in [3.8, 4) is 11.5 Å². The Labute approximate surface area is 149 Å². The maximum absolute atomic E-state index is 12.6. The van der Waals surface area contributed by atoms with Crippen molar-refractivity contribution in [2.75, 3.05) is 18.5 Å². The third kappa shape index (κ3) is 4.32. The zero-order valence-electron chi connectivity index (χ0n) is 15.0. The summed E-state index contributed by atoms with van der Waals surface area (Å²) in [6, 6.07) is 13.8. The van der Waals surface area contributed by atoms with Gasteiger partial charge in [0.25, 0.3) is 0 Å². The van der Waals surface area contributed by atoms with Gasteiger partial charge in [0.05, 0.1) is 5.92 Å². The van der Waals surface area contributed by atoms with E-state index in [0.29, 0.717) is 24.9 Å². The minimum Gasteiger partial charge on any atom is -0.486 e. The number of rotatable bonds is 5. The number of carbonyl (C=O) groups is 1. The molecule has 0 saturated carbocycles. The molecule has 0 saturated heterocycles. The van der Waals surface area contributed by atoms with Gasteiger partial charge in [0.1, 0.15) is 13.2 Å². The number of nitrogens with one attached hydrogen (secondary N) is 1. The maximum atomic E-state index is 12.6. The van der Waals surface area contributed by atoms with Crippen LogP contribution < -0.4 is 14.8 Å². The molecule has 4 nitrogen and oxygen atoms in total. The van der Waals surface area contributed by atoms with Crippen LogP contribution in [0.15, 0.2) is 42.5 Å². The van der Waals surface area contributed by atoms with Crippen LogP contribution in [0.2, 0.25) is 0 Å². The number of hydrogen-bond acceptors (Lipinski definition) is 3. The quantitative estimate of drug-likeness (QED) is 0.878. The topological polar surface area (TPSA) is 47.6 Å². The first-order valence-corrected chi connectivity index (χ1v) is 8.82. The Kier molecular flexibility index (Phi) is 5.27. The molecule has 1 amide bonds. The van der Waals surface area contributed by atoms with Crippen LogP contribution in [0.5, 0.6) is 11.5 Å². The van der Waals surface area contributed by atoms with E-state index in [0.717, 1.165) is 23.4 Å². The molecular weight excluding hydrogens is 314 g/mol. The number of carbonyl (C=O) groups excluding carboxylic acids is 1. The van der Waals surface area contributed by atoms with E-state index >= 15 is 0 Å². The van der Waals surface area contributed by atoms with Gasteiger partial charge in [-0.05, 0) is 42.5 Å². The van der Waals surface area contributed by atoms with Crippen molar-refractivity contribution >= 4 is 11.6 Å². The number of amides is 1. The predicted molar refractivity (Wildman–Crippen MR) is 99.5 cm³/mol. The standard InChI is InChI=1S/C21H25NO3/c1-14(2)12-16-4-6-17(7-5-16)15(3)21(23)22-18-8-9-19-20(13-18)25-11-10-24-19/h4-9,13-15H,10-12H2,1-3H3,(H,22,23)/t15-/m1/s1. The van der Waals surface area contributed by atoms with Crippen molar-refractivity contribution in [3.63, 3.8) is 0 Å². The summed E-state index contributed by atoms with van der Waals surface area (Å²) in [5.74, 6) is 1.77. The summed E-state index contributed by atoms with van der Waals surface area (Å²) in [5.41, 5.74) is 3.04. The summed E-state index contributed by atoms with van der Waals surface area (Å²) >= 11 is 0. The maximum Gasteiger partial charge on any atom is 0.231 e. The highest BCUT2D eigenvalue weighted by Gasteiger charge is 2.17. The number of fused-ring (bicyclic) bond motifs is 1. The Morgan fingerprint density at radius 3 is 2.36 bits per heavy atom. The third-order valence-corrected chi connectivity index (χ3v) is 4.33. The van der Waals surface area contributed by atoms with Gasteiger partial charge in [-0.25, -0.2) is 0 Å². The van der Waals surface area contributed by atoms with E-state index in [1.54, 1.807) is 0 Å². The number of benzene rings is 2. The summed E-state index contributed by atoms with van der Waals surface area (Å²) in [7, 11) is 0. The molecule has 0 fully saturated rings. The summed E-state index contributed by atoms with van der Waals surface area (Å²) in [4.78, 5) is 12.6. The normalized spacial score (nSPS) is 14.2. The minimum absolute atomic E-state index is 0.0340. The molecule has 1 heterocycles. The molecule has 2 aromatic rings. The molecule has 0 unspecified atom stereocenters. The largest absolute Gasteiger partial charge is 0.486 e. The zero-order valence-corrected chi connectivity index (χ0v) is 15.0. The molecule has 1 N–H and O–H groups in total. The monoisotopic (exact) mass is 339 g/mol. The van der Waals surface area contributed by atoms with E-state index in [1.165, 1.54) is 5.56 Å². The molecule has 0 aromatic heterocycles. The van der Waals surface area contributed by atoms with Gasteiger partial charge in [0.2, 0.25) is 5.91 Å². The highest BCUT2D eigenvalue weighted by Crippen LogP contribution is 2.33. The van der Waals surface area contributed by atoms with Gasteiger partial charge < -0.3 is 14.8 Å². The molecule has 1 aliphatic heterocycles. The Morgan fingerprint density at radius 1 is 1.00 bits per heavy atom. The fourth-order valence-corrected chi connectivity index (χ4v) is 2.94. The zero-order chi connectivity index (χ0) is 17.8. The summed E-state index contributed by atoms with van der Waals surface area (Å²) < 4.78 is 11.1. The van der Waals surface area contributed by atoms with Crippen LogP contribution in [-0.2, 0) is 11.2 Å². The van der Waals surface area contributed by atoms with Gasteiger partial charge in [0, 0.05) is 11.8 Å². The Balaban J connectivity index is 1.66. The van der Waals surface area contributed by atoms with Crippen LogP contribution in [0.25, 0.3) is 0 Å². The first kappa shape index (κ1) is 17.3. The highest BCUT2D eigenvalue weighted by atomic mass is 16.6. The van der Waals surface area contributed by atoms with Gasteiger partial charge in [-0.15, -0.1) is 0 Å². The van der Waals surface area contributed by atoms with Crippen molar-refractivity contribution < 1.29 is 14.3 Å². The molecule has 1 aliphatic rings. The van der Waals surface area contributed by atoms with Gasteiger partial charge in [-0.1, -0.05) is 38.1 Å². The Bertz CT molecular complexity index is 737. The van der Waals surface area contributed by atoms with Crippen molar-refractivity contribution in [2.45, 2.75) is 33.1 Å². The van der Waals surface area contributed by atoms with Crippen LogP contribution in [0.1, 0.15) is 37.8 Å². The summed E-state index contributed by atoms with van der Waals surface area (Å²) in [6.07, 6.45) is 1.05. The molecule has 4 heteroatoms. The molecule has 1 atom stereocenters. The Hall–Kier alpha value is -2.49. The van der Waals surface area contributed by atoms with Gasteiger partial charge >= 0.3 is 0 Å². The first-order chi connectivity index (χ1) is 12.0.